The van der Waals surface area contributed by atoms with Crippen molar-refractivity contribution in [2.24, 2.45) is 17.3 Å². The lowest BCUT2D eigenvalue weighted by Gasteiger charge is -2.17. The molecule has 0 aromatic carbocycles. The van der Waals surface area contributed by atoms with Crippen LogP contribution < -0.4 is 0 Å². The third-order valence-electron chi connectivity index (χ3n) is 5.13. The number of nitrogens with zero attached hydrogens (tertiary/aromatic N) is 4. The van der Waals surface area contributed by atoms with E-state index >= 15 is 0 Å². The van der Waals surface area contributed by atoms with Gasteiger partial charge in [0.25, 0.3) is 0 Å². The molecule has 1 aliphatic carbocycles. The van der Waals surface area contributed by atoms with Crippen LogP contribution in [-0.4, -0.2) is 32.6 Å². The van der Waals surface area contributed by atoms with Gasteiger partial charge in [-0.15, -0.1) is 10.2 Å². The van der Waals surface area contributed by atoms with Crippen molar-refractivity contribution >= 4 is 5.91 Å². The molecule has 1 fully saturated rings. The van der Waals surface area contributed by atoms with Gasteiger partial charge in [-0.3, -0.25) is 4.79 Å². The third-order valence-corrected chi connectivity index (χ3v) is 5.13. The minimum atomic E-state index is 0.0649. The van der Waals surface area contributed by atoms with Crippen LogP contribution in [0.15, 0.2) is 11.6 Å². The summed E-state index contributed by atoms with van der Waals surface area (Å²) in [5.41, 5.74) is 1.35. The SMILES string of the molecule is CC(C)=C[C@H]1[C@@H](C(=O)N(C)Cc2nnc3n2CCC3)C1(C)C. The van der Waals surface area contributed by atoms with E-state index in [1.54, 1.807) is 0 Å². The molecular formula is C17H26N4O. The topological polar surface area (TPSA) is 51.0 Å². The van der Waals surface area contributed by atoms with E-state index in [0.29, 0.717) is 12.5 Å². The summed E-state index contributed by atoms with van der Waals surface area (Å²) in [4.78, 5) is 14.6. The zero-order valence-electron chi connectivity index (χ0n) is 14.3. The molecule has 0 N–H and O–H groups in total. The first-order valence-electron chi connectivity index (χ1n) is 8.13. The Labute approximate surface area is 132 Å². The maximum absolute atomic E-state index is 12.8. The fourth-order valence-corrected chi connectivity index (χ4v) is 3.67. The molecule has 3 rings (SSSR count). The molecule has 1 aromatic heterocycles. The van der Waals surface area contributed by atoms with E-state index in [4.69, 9.17) is 0 Å². The van der Waals surface area contributed by atoms with Crippen LogP contribution >= 0.6 is 0 Å². The highest BCUT2D eigenvalue weighted by atomic mass is 16.2. The Hall–Kier alpha value is -1.65. The molecule has 0 unspecified atom stereocenters. The van der Waals surface area contributed by atoms with Crippen molar-refractivity contribution in [1.82, 2.24) is 19.7 Å². The summed E-state index contributed by atoms with van der Waals surface area (Å²) in [5, 5.41) is 8.47. The molecule has 0 saturated heterocycles. The van der Waals surface area contributed by atoms with Gasteiger partial charge >= 0.3 is 0 Å². The second-order valence-corrected chi connectivity index (χ2v) is 7.55. The number of carbonyl (C=O) groups is 1. The summed E-state index contributed by atoms with van der Waals surface area (Å²) < 4.78 is 2.16. The molecule has 120 valence electrons. The highest BCUT2D eigenvalue weighted by Gasteiger charge is 2.60. The monoisotopic (exact) mass is 302 g/mol. The fraction of sp³-hybridized carbons (Fsp3) is 0.706. The first-order valence-corrected chi connectivity index (χ1v) is 8.13. The Kier molecular flexibility index (Phi) is 3.62. The fourth-order valence-electron chi connectivity index (χ4n) is 3.67. The summed E-state index contributed by atoms with van der Waals surface area (Å²) >= 11 is 0. The Balaban J connectivity index is 1.69. The number of aryl methyl sites for hydroxylation is 1. The quantitative estimate of drug-likeness (QED) is 0.803. The van der Waals surface area contributed by atoms with Crippen molar-refractivity contribution in [3.8, 4) is 0 Å². The van der Waals surface area contributed by atoms with Crippen molar-refractivity contribution in [2.75, 3.05) is 7.05 Å². The predicted molar refractivity (Wildman–Crippen MR) is 85.0 cm³/mol. The van der Waals surface area contributed by atoms with Gasteiger partial charge in [0.05, 0.1) is 12.5 Å². The number of hydrogen-bond donors (Lipinski definition) is 0. The second-order valence-electron chi connectivity index (χ2n) is 7.55. The normalized spacial score (nSPS) is 24.8. The van der Waals surface area contributed by atoms with E-state index in [1.165, 1.54) is 5.57 Å². The van der Waals surface area contributed by atoms with Crippen molar-refractivity contribution in [2.45, 2.75) is 53.6 Å². The average molecular weight is 302 g/mol. The van der Waals surface area contributed by atoms with E-state index in [0.717, 1.165) is 31.0 Å². The number of amides is 1. The predicted octanol–water partition coefficient (Wildman–Crippen LogP) is 2.42. The first-order chi connectivity index (χ1) is 10.3. The van der Waals surface area contributed by atoms with Gasteiger partial charge in [-0.25, -0.2) is 0 Å². The second kappa shape index (κ2) is 5.21. The van der Waals surface area contributed by atoms with Gasteiger partial charge in [0.2, 0.25) is 5.91 Å². The highest BCUT2D eigenvalue weighted by Crippen LogP contribution is 2.60. The molecule has 0 spiro atoms. The summed E-state index contributed by atoms with van der Waals surface area (Å²) in [6.07, 6.45) is 4.38. The molecule has 1 aromatic rings. The lowest BCUT2D eigenvalue weighted by molar-refractivity contribution is -0.132. The van der Waals surface area contributed by atoms with Gasteiger partial charge in [0.15, 0.2) is 5.82 Å². The van der Waals surface area contributed by atoms with Crippen molar-refractivity contribution in [1.29, 1.82) is 0 Å². The summed E-state index contributed by atoms with van der Waals surface area (Å²) in [6.45, 7) is 10.1. The van der Waals surface area contributed by atoms with Crippen LogP contribution in [-0.2, 0) is 24.3 Å². The smallest absolute Gasteiger partial charge is 0.227 e. The summed E-state index contributed by atoms with van der Waals surface area (Å²) in [6, 6.07) is 0. The Morgan fingerprint density at radius 3 is 2.82 bits per heavy atom. The maximum atomic E-state index is 12.8. The number of rotatable bonds is 4. The maximum Gasteiger partial charge on any atom is 0.227 e. The van der Waals surface area contributed by atoms with Crippen LogP contribution in [0.2, 0.25) is 0 Å². The van der Waals surface area contributed by atoms with E-state index in [9.17, 15) is 4.79 Å². The molecule has 0 bridgehead atoms. The Bertz CT molecular complexity index is 625. The van der Waals surface area contributed by atoms with E-state index in [1.807, 2.05) is 11.9 Å². The van der Waals surface area contributed by atoms with Gasteiger partial charge in [-0.2, -0.15) is 0 Å². The van der Waals surface area contributed by atoms with Gasteiger partial charge in [-0.1, -0.05) is 25.5 Å². The number of fused-ring (bicyclic) bond motifs is 1. The van der Waals surface area contributed by atoms with Crippen LogP contribution in [0.25, 0.3) is 0 Å². The molecule has 2 heterocycles. The van der Waals surface area contributed by atoms with E-state index in [2.05, 4.69) is 48.5 Å². The molecule has 0 radical (unpaired) electrons. The molecule has 1 saturated carbocycles. The number of aromatic nitrogens is 3. The molecule has 2 aliphatic rings. The molecular weight excluding hydrogens is 276 g/mol. The minimum Gasteiger partial charge on any atom is -0.338 e. The van der Waals surface area contributed by atoms with Crippen molar-refractivity contribution < 1.29 is 4.79 Å². The van der Waals surface area contributed by atoms with E-state index in [-0.39, 0.29) is 17.2 Å². The van der Waals surface area contributed by atoms with Crippen LogP contribution in [0.3, 0.4) is 0 Å². The number of hydrogen-bond acceptors (Lipinski definition) is 3. The van der Waals surface area contributed by atoms with Crippen molar-refractivity contribution in [3.05, 3.63) is 23.3 Å². The zero-order chi connectivity index (χ0) is 16.1. The van der Waals surface area contributed by atoms with E-state index < -0.39 is 0 Å². The third kappa shape index (κ3) is 2.46. The minimum absolute atomic E-state index is 0.0649. The van der Waals surface area contributed by atoms with Crippen LogP contribution in [0.5, 0.6) is 0 Å². The number of allylic oxidation sites excluding steroid dienone is 2. The van der Waals surface area contributed by atoms with Crippen LogP contribution in [0, 0.1) is 17.3 Å². The standard InChI is InChI=1S/C17H26N4O/c1-11(2)9-12-15(17(12,3)4)16(22)20(5)10-14-19-18-13-7-6-8-21(13)14/h9,12,15H,6-8,10H2,1-5H3/t12-,15-/m0/s1. The molecule has 1 aliphatic heterocycles. The lowest BCUT2D eigenvalue weighted by atomic mass is 10.1. The average Bonchev–Trinajstić information content (AvgIpc) is 2.83. The summed E-state index contributed by atoms with van der Waals surface area (Å²) in [7, 11) is 1.88. The van der Waals surface area contributed by atoms with Crippen LogP contribution in [0.1, 0.15) is 45.8 Å². The Morgan fingerprint density at radius 2 is 2.14 bits per heavy atom. The zero-order valence-corrected chi connectivity index (χ0v) is 14.3. The molecule has 5 nitrogen and oxygen atoms in total. The number of carbonyl (C=O) groups excluding carboxylic acids is 1. The van der Waals surface area contributed by atoms with Gasteiger partial charge in [0.1, 0.15) is 5.82 Å². The Morgan fingerprint density at radius 1 is 1.41 bits per heavy atom. The first kappa shape index (κ1) is 15.3. The molecule has 22 heavy (non-hydrogen) atoms. The molecule has 1 amide bonds. The van der Waals surface area contributed by atoms with Crippen molar-refractivity contribution in [3.63, 3.8) is 0 Å². The molecule has 5 heteroatoms. The largest absolute Gasteiger partial charge is 0.338 e. The summed E-state index contributed by atoms with van der Waals surface area (Å²) in [5.74, 6) is 2.65. The van der Waals surface area contributed by atoms with Gasteiger partial charge in [0, 0.05) is 20.0 Å². The molecule has 2 atom stereocenters. The lowest BCUT2D eigenvalue weighted by Crippen LogP contribution is -2.30. The van der Waals surface area contributed by atoms with Gasteiger partial charge in [-0.05, 0) is 31.6 Å². The highest BCUT2D eigenvalue weighted by molar-refractivity contribution is 5.83. The van der Waals surface area contributed by atoms with Crippen LogP contribution in [0.4, 0.5) is 0 Å². The van der Waals surface area contributed by atoms with Gasteiger partial charge < -0.3 is 9.47 Å².